The maximum Gasteiger partial charge on any atom is 0.317 e. The first-order valence-electron chi connectivity index (χ1n) is 27.3. The molecule has 4 aromatic carbocycles. The molecule has 5 aromatic rings. The lowest BCUT2D eigenvalue weighted by Crippen LogP contribution is -2.43. The van der Waals surface area contributed by atoms with E-state index in [1.54, 1.807) is 12.0 Å². The molecule has 16 nitrogen and oxygen atoms in total. The monoisotopic (exact) mass is 1060 g/mol. The lowest BCUT2D eigenvalue weighted by Gasteiger charge is -2.32. The standard InChI is InChI=1S/C23H27N3O5.C22H29N3O2.C9H10.C6H8N2O.C2H6/c1-31-18-5-2-4-16(12-18)19-8-7-17(13-24-15-27)21-14-26(11-9-20(19)21)23(30)25-10-3-6-22(28)29;1-5-10-24-22(27)25-11-9-20-19(17(6-2)12-16(3)4)8-7-18(13-23-15-26)21(20)14-25;1-2-4-8(5-3-1)9-6-7-9;1-4-7-6(9-8-4)5-2-3-5;1-2/h2,4-5,7-8,12,15H,3,6,9-11,13-14H2,1H3,(H,24,27)(H,25,30)(H,28,29);6-8,12,15H,2-3,5,9-11,13-14H2,1,4H3,(H,23,26)(H,24,27);1-5,9H,6-7H2;5H,2-3H2,1H3;1-2H3/b;17-12+;;;. The Labute approximate surface area is 460 Å². The fraction of sp³-hybridized carbons (Fsp3) is 0.403. The zero-order valence-corrected chi connectivity index (χ0v) is 46.5. The number of amides is 6. The van der Waals surface area contributed by atoms with Crippen LogP contribution in [-0.2, 0) is 53.4 Å². The number of carboxylic acid groups (broad SMARTS) is 1. The summed E-state index contributed by atoms with van der Waals surface area (Å²) >= 11 is 0. The van der Waals surface area contributed by atoms with Gasteiger partial charge >= 0.3 is 18.0 Å². The van der Waals surface area contributed by atoms with E-state index in [2.05, 4.69) is 87.0 Å². The molecule has 3 heterocycles. The second kappa shape index (κ2) is 31.9. The number of hydrogen-bond donors (Lipinski definition) is 5. The maximum absolute atomic E-state index is 12.6. The minimum Gasteiger partial charge on any atom is -0.497 e. The average molecular weight is 1070 g/mol. The summed E-state index contributed by atoms with van der Waals surface area (Å²) in [5, 5.41) is 23.6. The topological polar surface area (TPSA) is 208 Å². The van der Waals surface area contributed by atoms with Gasteiger partial charge in [0.15, 0.2) is 5.82 Å². The molecule has 5 N–H and O–H groups in total. The van der Waals surface area contributed by atoms with Gasteiger partial charge in [0.05, 0.1) is 7.11 Å². The van der Waals surface area contributed by atoms with Crippen LogP contribution in [0.3, 0.4) is 0 Å². The van der Waals surface area contributed by atoms with Crippen molar-refractivity contribution in [2.24, 2.45) is 0 Å². The highest BCUT2D eigenvalue weighted by atomic mass is 16.5. The summed E-state index contributed by atoms with van der Waals surface area (Å²) < 4.78 is 10.3. The van der Waals surface area contributed by atoms with Gasteiger partial charge in [-0.05, 0) is 144 Å². The number of allylic oxidation sites excluding steroid dienone is 4. The number of aryl methyl sites for hydroxylation is 1. The summed E-state index contributed by atoms with van der Waals surface area (Å²) in [7, 11) is 1.63. The number of nitrogens with zero attached hydrogens (tertiary/aromatic N) is 4. The lowest BCUT2D eigenvalue weighted by molar-refractivity contribution is -0.137. The highest BCUT2D eigenvalue weighted by molar-refractivity contribution is 5.80. The molecule has 0 radical (unpaired) electrons. The minimum atomic E-state index is -0.876. The second-order valence-electron chi connectivity index (χ2n) is 19.3. The smallest absolute Gasteiger partial charge is 0.317 e. The van der Waals surface area contributed by atoms with Crippen LogP contribution in [0.2, 0.25) is 0 Å². The average Bonchev–Trinajstić information content (AvgIpc) is 4.46. The zero-order valence-electron chi connectivity index (χ0n) is 46.5. The van der Waals surface area contributed by atoms with E-state index in [1.807, 2.05) is 88.1 Å². The molecular weight excluding hydrogens is 985 g/mol. The number of carbonyl (C=O) groups is 5. The predicted octanol–water partition coefficient (Wildman–Crippen LogP) is 10.9. The van der Waals surface area contributed by atoms with Gasteiger partial charge in [-0.3, -0.25) is 14.4 Å². The van der Waals surface area contributed by atoms with Gasteiger partial charge in [0, 0.05) is 64.7 Å². The van der Waals surface area contributed by atoms with Crippen molar-refractivity contribution in [1.29, 1.82) is 0 Å². The highest BCUT2D eigenvalue weighted by Gasteiger charge is 2.30. The molecule has 16 heteroatoms. The Balaban J connectivity index is 0.000000212. The van der Waals surface area contributed by atoms with Gasteiger partial charge in [0.2, 0.25) is 18.7 Å². The van der Waals surface area contributed by atoms with Crippen molar-refractivity contribution in [3.05, 3.63) is 166 Å². The number of benzene rings is 4. The number of carboxylic acids is 1. The highest BCUT2D eigenvalue weighted by Crippen LogP contribution is 2.40. The summed E-state index contributed by atoms with van der Waals surface area (Å²) in [4.78, 5) is 64.9. The van der Waals surface area contributed by atoms with Crippen molar-refractivity contribution in [3.8, 4) is 16.9 Å². The molecule has 0 saturated heterocycles. The third-order valence-electron chi connectivity index (χ3n) is 13.3. The fourth-order valence-corrected chi connectivity index (χ4v) is 9.15. The third-order valence-corrected chi connectivity index (χ3v) is 13.3. The van der Waals surface area contributed by atoms with Crippen molar-refractivity contribution in [1.82, 2.24) is 41.2 Å². The van der Waals surface area contributed by atoms with Crippen LogP contribution in [0, 0.1) is 6.92 Å². The van der Waals surface area contributed by atoms with Crippen LogP contribution in [0.4, 0.5) is 9.59 Å². The molecule has 416 valence electrons. The van der Waals surface area contributed by atoms with Crippen LogP contribution in [0.25, 0.3) is 16.7 Å². The number of carbonyl (C=O) groups excluding carboxylic acids is 4. The van der Waals surface area contributed by atoms with E-state index in [-0.39, 0.29) is 18.5 Å². The maximum atomic E-state index is 12.6. The normalized spacial score (nSPS) is 13.9. The summed E-state index contributed by atoms with van der Waals surface area (Å²) in [5.74, 6) is 2.97. The number of aromatic nitrogens is 2. The summed E-state index contributed by atoms with van der Waals surface area (Å²) in [5.41, 5.74) is 13.3. The van der Waals surface area contributed by atoms with Gasteiger partial charge in [0.25, 0.3) is 0 Å². The Morgan fingerprint density at radius 3 is 1.94 bits per heavy atom. The molecule has 0 unspecified atom stereocenters. The van der Waals surface area contributed by atoms with Gasteiger partial charge in [-0.1, -0.05) is 124 Å². The Hall–Kier alpha value is -8.01. The number of hydrogen-bond acceptors (Lipinski definition) is 9. The molecule has 6 amide bonds. The van der Waals surface area contributed by atoms with Gasteiger partial charge in [0.1, 0.15) is 5.75 Å². The number of rotatable bonds is 19. The van der Waals surface area contributed by atoms with Crippen LogP contribution >= 0.6 is 0 Å². The lowest BCUT2D eigenvalue weighted by atomic mass is 9.87. The Kier molecular flexibility index (Phi) is 24.9. The third kappa shape index (κ3) is 18.6. The van der Waals surface area contributed by atoms with E-state index in [9.17, 15) is 24.0 Å². The first kappa shape index (κ1) is 60.9. The SMILES string of the molecule is C=C/C(=C\C(=C)C)c1ccc(CNC=O)c2c1CCN(C(=O)NCCC)C2.CC.COc1cccc(-c2ccc(CNC=O)c3c2CCN(C(=O)NCCCC(=O)O)C3)c1.Cc1noc(C2CC2)n1.c1ccc(C2CC2)cc1. The largest absolute Gasteiger partial charge is 0.497 e. The zero-order chi connectivity index (χ0) is 56.4. The molecule has 2 fully saturated rings. The molecule has 78 heavy (non-hydrogen) atoms. The molecule has 2 aliphatic heterocycles. The first-order valence-corrected chi connectivity index (χ1v) is 27.3. The van der Waals surface area contributed by atoms with Crippen LogP contribution in [0.15, 0.2) is 114 Å². The number of ether oxygens (including phenoxy) is 1. The van der Waals surface area contributed by atoms with Crippen molar-refractivity contribution >= 4 is 36.4 Å². The molecule has 4 aliphatic rings. The van der Waals surface area contributed by atoms with Crippen LogP contribution < -0.4 is 26.0 Å². The number of nitrogens with one attached hydrogen (secondary N) is 4. The molecule has 2 aliphatic carbocycles. The van der Waals surface area contributed by atoms with Gasteiger partial charge in [-0.15, -0.1) is 0 Å². The van der Waals surface area contributed by atoms with Gasteiger partial charge in [-0.25, -0.2) is 9.59 Å². The molecular formula is C62H80N8O8. The van der Waals surface area contributed by atoms with Gasteiger partial charge in [-0.2, -0.15) is 4.98 Å². The van der Waals surface area contributed by atoms with Gasteiger partial charge < -0.3 is 45.4 Å². The quantitative estimate of drug-likeness (QED) is 0.0300. The Bertz CT molecular complexity index is 2820. The summed E-state index contributed by atoms with van der Waals surface area (Å²) in [6.45, 7) is 21.7. The van der Waals surface area contributed by atoms with E-state index in [4.69, 9.17) is 14.4 Å². The Morgan fingerprint density at radius 1 is 0.795 bits per heavy atom. The van der Waals surface area contributed by atoms with Crippen molar-refractivity contribution in [2.75, 3.05) is 33.3 Å². The number of fused-ring (bicyclic) bond motifs is 2. The fourth-order valence-electron chi connectivity index (χ4n) is 9.15. The van der Waals surface area contributed by atoms with E-state index in [0.29, 0.717) is 83.9 Å². The Morgan fingerprint density at radius 2 is 1.40 bits per heavy atom. The van der Waals surface area contributed by atoms with Crippen LogP contribution in [-0.4, -0.2) is 89.2 Å². The molecule has 2 saturated carbocycles. The van der Waals surface area contributed by atoms with Crippen LogP contribution in [0.5, 0.6) is 5.75 Å². The summed E-state index contributed by atoms with van der Waals surface area (Å²) in [6, 6.07) is 26.5. The molecule has 1 aromatic heterocycles. The van der Waals surface area contributed by atoms with Crippen molar-refractivity contribution < 1.29 is 38.3 Å². The number of aliphatic carboxylic acids is 1. The molecule has 0 bridgehead atoms. The second-order valence-corrected chi connectivity index (χ2v) is 19.3. The molecule has 0 spiro atoms. The van der Waals surface area contributed by atoms with Crippen molar-refractivity contribution in [3.63, 3.8) is 0 Å². The predicted molar refractivity (Wildman–Crippen MR) is 307 cm³/mol. The number of urea groups is 2. The van der Waals surface area contributed by atoms with Crippen molar-refractivity contribution in [2.45, 2.75) is 130 Å². The van der Waals surface area contributed by atoms with E-state index < -0.39 is 5.97 Å². The van der Waals surface area contributed by atoms with E-state index >= 15 is 0 Å². The van der Waals surface area contributed by atoms with Crippen LogP contribution in [0.1, 0.15) is 141 Å². The van der Waals surface area contributed by atoms with E-state index in [1.165, 1.54) is 36.8 Å². The summed E-state index contributed by atoms with van der Waals surface area (Å²) in [6.07, 6.45) is 13.2. The van der Waals surface area contributed by atoms with E-state index in [0.717, 1.165) is 91.9 Å². The first-order chi connectivity index (χ1) is 37.9. The minimum absolute atomic E-state index is 0.0223. The molecule has 0 atom stereocenters. The molecule has 9 rings (SSSR count). The number of methoxy groups -OCH3 is 1.